The second-order valence-electron chi connectivity index (χ2n) is 9.20. The van der Waals surface area contributed by atoms with Crippen LogP contribution in [-0.4, -0.2) is 52.7 Å². The molecule has 0 aliphatic heterocycles. The Bertz CT molecular complexity index is 671. The minimum absolute atomic E-state index is 0.274. The van der Waals surface area contributed by atoms with E-state index in [-0.39, 0.29) is 12.2 Å². The first-order chi connectivity index (χ1) is 14.8. The second kappa shape index (κ2) is 10.6. The molecule has 1 N–H and O–H groups in total. The zero-order valence-corrected chi connectivity index (χ0v) is 18.3. The molecule has 3 aliphatic carbocycles. The molecular weight excluding hydrogens is 404 g/mol. The SMILES string of the molecule is CC(=O)C(C(=O)OC1CCCC1)C(O)(CC(=O)OC1CCCC1)C(=O)OC1CCCC1. The maximum absolute atomic E-state index is 13.0. The first-order valence-corrected chi connectivity index (χ1v) is 11.6. The molecule has 8 heteroatoms. The summed E-state index contributed by atoms with van der Waals surface area (Å²) in [5.74, 6) is -5.52. The fourth-order valence-corrected chi connectivity index (χ4v) is 4.94. The number of esters is 3. The van der Waals surface area contributed by atoms with E-state index in [1.54, 1.807) is 0 Å². The fraction of sp³-hybridized carbons (Fsp3) is 0.826. The molecule has 3 aliphatic rings. The van der Waals surface area contributed by atoms with Crippen molar-refractivity contribution in [3.05, 3.63) is 0 Å². The summed E-state index contributed by atoms with van der Waals surface area (Å²) in [6, 6.07) is 0. The predicted octanol–water partition coefficient (Wildman–Crippen LogP) is 2.77. The van der Waals surface area contributed by atoms with Gasteiger partial charge in [0.1, 0.15) is 24.1 Å². The first kappa shape index (κ1) is 23.7. The van der Waals surface area contributed by atoms with Gasteiger partial charge in [-0.25, -0.2) is 4.79 Å². The highest BCUT2D eigenvalue weighted by molar-refractivity contribution is 6.05. The number of rotatable bonds is 9. The number of ketones is 1. The maximum Gasteiger partial charge on any atom is 0.340 e. The van der Waals surface area contributed by atoms with Crippen LogP contribution in [0, 0.1) is 5.92 Å². The minimum Gasteiger partial charge on any atom is -0.462 e. The van der Waals surface area contributed by atoms with Gasteiger partial charge in [-0.05, 0) is 84.0 Å². The molecule has 0 radical (unpaired) electrons. The molecular formula is C23H34O8. The first-order valence-electron chi connectivity index (χ1n) is 11.6. The lowest BCUT2D eigenvalue weighted by atomic mass is 9.81. The molecule has 3 rings (SSSR count). The summed E-state index contributed by atoms with van der Waals surface area (Å²) in [6.07, 6.45) is 7.70. The molecule has 31 heavy (non-hydrogen) atoms. The van der Waals surface area contributed by atoms with E-state index in [1.807, 2.05) is 0 Å². The Morgan fingerprint density at radius 2 is 1.19 bits per heavy atom. The lowest BCUT2D eigenvalue weighted by Crippen LogP contribution is -2.55. The average molecular weight is 439 g/mol. The summed E-state index contributed by atoms with van der Waals surface area (Å²) >= 11 is 0. The lowest BCUT2D eigenvalue weighted by Gasteiger charge is -2.32. The fourth-order valence-electron chi connectivity index (χ4n) is 4.94. The van der Waals surface area contributed by atoms with E-state index in [0.717, 1.165) is 58.3 Å². The summed E-state index contributed by atoms with van der Waals surface area (Å²) in [7, 11) is 0. The van der Waals surface area contributed by atoms with Gasteiger partial charge in [-0.1, -0.05) is 0 Å². The van der Waals surface area contributed by atoms with Crippen molar-refractivity contribution in [2.75, 3.05) is 0 Å². The van der Waals surface area contributed by atoms with E-state index >= 15 is 0 Å². The summed E-state index contributed by atoms with van der Waals surface area (Å²) < 4.78 is 16.3. The number of Topliss-reactive ketones (excluding diaryl/α,β-unsaturated/α-hetero) is 1. The molecule has 2 unspecified atom stereocenters. The normalized spacial score (nSPS) is 23.3. The Hall–Kier alpha value is -1.96. The molecule has 8 nitrogen and oxygen atoms in total. The van der Waals surface area contributed by atoms with Crippen LogP contribution in [0.15, 0.2) is 0 Å². The monoisotopic (exact) mass is 438 g/mol. The molecule has 2 atom stereocenters. The molecule has 174 valence electrons. The third-order valence-corrected chi connectivity index (χ3v) is 6.65. The van der Waals surface area contributed by atoms with Crippen LogP contribution in [-0.2, 0) is 33.4 Å². The number of carbonyl (C=O) groups is 4. The van der Waals surface area contributed by atoms with Crippen LogP contribution in [0.3, 0.4) is 0 Å². The summed E-state index contributed by atoms with van der Waals surface area (Å²) in [5, 5.41) is 11.4. The highest BCUT2D eigenvalue weighted by Gasteiger charge is 2.55. The van der Waals surface area contributed by atoms with E-state index in [0.29, 0.717) is 25.7 Å². The van der Waals surface area contributed by atoms with Crippen molar-refractivity contribution in [2.24, 2.45) is 5.92 Å². The largest absolute Gasteiger partial charge is 0.462 e. The van der Waals surface area contributed by atoms with E-state index in [9.17, 15) is 24.3 Å². The number of hydrogen-bond donors (Lipinski definition) is 1. The van der Waals surface area contributed by atoms with Crippen molar-refractivity contribution in [3.8, 4) is 0 Å². The molecule has 0 spiro atoms. The smallest absolute Gasteiger partial charge is 0.340 e. The molecule has 0 saturated heterocycles. The van der Waals surface area contributed by atoms with E-state index in [2.05, 4.69) is 0 Å². The summed E-state index contributed by atoms with van der Waals surface area (Å²) in [5.41, 5.74) is -2.65. The summed E-state index contributed by atoms with van der Waals surface area (Å²) in [6.45, 7) is 1.11. The molecule has 0 aromatic rings. The van der Waals surface area contributed by atoms with Crippen LogP contribution in [0.25, 0.3) is 0 Å². The van der Waals surface area contributed by atoms with Crippen LogP contribution in [0.1, 0.15) is 90.4 Å². The van der Waals surface area contributed by atoms with Crippen LogP contribution >= 0.6 is 0 Å². The van der Waals surface area contributed by atoms with Crippen LogP contribution < -0.4 is 0 Å². The second-order valence-corrected chi connectivity index (χ2v) is 9.20. The van der Waals surface area contributed by atoms with Gasteiger partial charge in [0.25, 0.3) is 0 Å². The third kappa shape index (κ3) is 6.05. The number of hydrogen-bond acceptors (Lipinski definition) is 8. The van der Waals surface area contributed by atoms with Crippen molar-refractivity contribution in [3.63, 3.8) is 0 Å². The van der Waals surface area contributed by atoms with Gasteiger partial charge in [-0.2, -0.15) is 0 Å². The zero-order chi connectivity index (χ0) is 22.4. The van der Waals surface area contributed by atoms with Crippen molar-refractivity contribution in [2.45, 2.75) is 114 Å². The van der Waals surface area contributed by atoms with Gasteiger partial charge in [0.2, 0.25) is 0 Å². The standard InChI is InChI=1S/C23H34O8/c1-15(24)20(21(26)30-17-10-4-5-11-17)23(28,22(27)31-18-12-6-7-13-18)14-19(25)29-16-8-2-3-9-16/h16-18,20,28H,2-14H2,1H3. The molecule has 0 aromatic carbocycles. The van der Waals surface area contributed by atoms with Crippen LogP contribution in [0.5, 0.6) is 0 Å². The van der Waals surface area contributed by atoms with Gasteiger partial charge in [-0.15, -0.1) is 0 Å². The summed E-state index contributed by atoms with van der Waals surface area (Å²) in [4.78, 5) is 51.0. The molecule has 3 fully saturated rings. The number of aliphatic hydroxyl groups is 1. The van der Waals surface area contributed by atoms with Crippen molar-refractivity contribution >= 4 is 23.7 Å². The quantitative estimate of drug-likeness (QED) is 0.332. The van der Waals surface area contributed by atoms with Gasteiger partial charge in [0.05, 0.1) is 6.42 Å². The Morgan fingerprint density at radius 3 is 1.65 bits per heavy atom. The van der Waals surface area contributed by atoms with Crippen LogP contribution in [0.4, 0.5) is 0 Å². The topological polar surface area (TPSA) is 116 Å². The highest BCUT2D eigenvalue weighted by Crippen LogP contribution is 2.32. The average Bonchev–Trinajstić information content (AvgIpc) is 3.44. The van der Waals surface area contributed by atoms with E-state index < -0.39 is 47.7 Å². The van der Waals surface area contributed by atoms with Crippen molar-refractivity contribution in [1.29, 1.82) is 0 Å². The number of carbonyl (C=O) groups excluding carboxylic acids is 4. The maximum atomic E-state index is 13.0. The van der Waals surface area contributed by atoms with Gasteiger partial charge >= 0.3 is 17.9 Å². The molecule has 3 saturated carbocycles. The van der Waals surface area contributed by atoms with Crippen molar-refractivity contribution < 1.29 is 38.5 Å². The molecule has 0 amide bonds. The van der Waals surface area contributed by atoms with Gasteiger partial charge < -0.3 is 19.3 Å². The van der Waals surface area contributed by atoms with Crippen molar-refractivity contribution in [1.82, 2.24) is 0 Å². The van der Waals surface area contributed by atoms with Gasteiger partial charge in [-0.3, -0.25) is 14.4 Å². The Kier molecular flexibility index (Phi) is 8.08. The lowest BCUT2D eigenvalue weighted by molar-refractivity contribution is -0.192. The van der Waals surface area contributed by atoms with Gasteiger partial charge in [0.15, 0.2) is 11.5 Å². The number of ether oxygens (including phenoxy) is 3. The molecule has 0 heterocycles. The van der Waals surface area contributed by atoms with Gasteiger partial charge in [0, 0.05) is 0 Å². The molecule has 0 bridgehead atoms. The highest BCUT2D eigenvalue weighted by atomic mass is 16.6. The third-order valence-electron chi connectivity index (χ3n) is 6.65. The van der Waals surface area contributed by atoms with E-state index in [1.165, 1.54) is 0 Å². The Balaban J connectivity index is 1.79. The Morgan fingerprint density at radius 1 is 0.774 bits per heavy atom. The molecule has 0 aromatic heterocycles. The van der Waals surface area contributed by atoms with E-state index in [4.69, 9.17) is 14.2 Å². The minimum atomic E-state index is -2.65. The van der Waals surface area contributed by atoms with Crippen LogP contribution in [0.2, 0.25) is 0 Å². The zero-order valence-electron chi connectivity index (χ0n) is 18.3. The Labute approximate surface area is 183 Å². The predicted molar refractivity (Wildman–Crippen MR) is 109 cm³/mol.